The summed E-state index contributed by atoms with van der Waals surface area (Å²) >= 11 is 7.88. The zero-order chi connectivity index (χ0) is 20.6. The molecule has 0 atom stereocenters. The molecule has 1 aliphatic rings. The van der Waals surface area contributed by atoms with Crippen molar-refractivity contribution in [2.45, 2.75) is 16.2 Å². The number of thioether (sulfide) groups is 1. The standard InChI is InChI=1S/C22H18ClNO3S2/c1-28-21-13-15(8-11-19(21)23)18-12-16-4-2-3-5-20(16)27-22(18)14-6-9-17(10-7-14)29(24,25)26/h2-11,13H,12H2,1H3,(H2,24,25,26). The first-order chi connectivity index (χ1) is 13.9. The van der Waals surface area contributed by atoms with Gasteiger partial charge in [0.2, 0.25) is 10.0 Å². The molecule has 148 valence electrons. The molecule has 4 rings (SSSR count). The molecule has 0 radical (unpaired) electrons. The Hall–Kier alpha value is -2.25. The van der Waals surface area contributed by atoms with Crippen molar-refractivity contribution in [2.75, 3.05) is 6.26 Å². The second kappa shape index (κ2) is 7.88. The van der Waals surface area contributed by atoms with Crippen molar-refractivity contribution in [1.29, 1.82) is 0 Å². The maximum absolute atomic E-state index is 11.6. The average Bonchev–Trinajstić information content (AvgIpc) is 2.72. The highest BCUT2D eigenvalue weighted by molar-refractivity contribution is 7.98. The molecule has 29 heavy (non-hydrogen) atoms. The van der Waals surface area contributed by atoms with Gasteiger partial charge in [-0.2, -0.15) is 0 Å². The van der Waals surface area contributed by atoms with E-state index in [1.54, 1.807) is 23.9 Å². The van der Waals surface area contributed by atoms with Crippen molar-refractivity contribution in [3.05, 3.63) is 88.4 Å². The highest BCUT2D eigenvalue weighted by Crippen LogP contribution is 2.40. The third-order valence-corrected chi connectivity index (χ3v) is 6.92. The van der Waals surface area contributed by atoms with Crippen molar-refractivity contribution in [3.8, 4) is 5.75 Å². The van der Waals surface area contributed by atoms with Crippen molar-refractivity contribution < 1.29 is 13.2 Å². The van der Waals surface area contributed by atoms with Crippen molar-refractivity contribution >= 4 is 44.7 Å². The second-order valence-electron chi connectivity index (χ2n) is 6.61. The average molecular weight is 444 g/mol. The fourth-order valence-corrected chi connectivity index (χ4v) is 4.67. The van der Waals surface area contributed by atoms with Gasteiger partial charge < -0.3 is 4.74 Å². The van der Waals surface area contributed by atoms with Crippen LogP contribution in [0.2, 0.25) is 5.02 Å². The van der Waals surface area contributed by atoms with Gasteiger partial charge in [-0.3, -0.25) is 0 Å². The first kappa shape index (κ1) is 20.0. The Morgan fingerprint density at radius 2 is 1.69 bits per heavy atom. The summed E-state index contributed by atoms with van der Waals surface area (Å²) in [5.41, 5.74) is 3.90. The molecule has 0 saturated carbocycles. The number of fused-ring (bicyclic) bond motifs is 1. The molecule has 4 nitrogen and oxygen atoms in total. The van der Waals surface area contributed by atoms with Crippen LogP contribution in [0.4, 0.5) is 0 Å². The molecule has 0 fully saturated rings. The van der Waals surface area contributed by atoms with Crippen LogP contribution in [-0.4, -0.2) is 14.7 Å². The number of benzene rings is 3. The van der Waals surface area contributed by atoms with E-state index in [1.807, 2.05) is 42.7 Å². The summed E-state index contributed by atoms with van der Waals surface area (Å²) in [6.45, 7) is 0. The number of hydrogen-bond donors (Lipinski definition) is 1. The lowest BCUT2D eigenvalue weighted by atomic mass is 9.92. The molecule has 0 unspecified atom stereocenters. The number of rotatable bonds is 4. The monoisotopic (exact) mass is 443 g/mol. The quantitative estimate of drug-likeness (QED) is 0.562. The first-order valence-electron chi connectivity index (χ1n) is 8.83. The van der Waals surface area contributed by atoms with E-state index < -0.39 is 10.0 Å². The van der Waals surface area contributed by atoms with Gasteiger partial charge in [-0.05, 0) is 59.8 Å². The van der Waals surface area contributed by atoms with E-state index in [4.69, 9.17) is 21.5 Å². The minimum absolute atomic E-state index is 0.0655. The zero-order valence-corrected chi connectivity index (χ0v) is 17.9. The van der Waals surface area contributed by atoms with Gasteiger partial charge in [0.15, 0.2) is 0 Å². The summed E-state index contributed by atoms with van der Waals surface area (Å²) in [5, 5.41) is 5.93. The molecule has 0 amide bonds. The highest BCUT2D eigenvalue weighted by atomic mass is 35.5. The Morgan fingerprint density at radius 3 is 2.38 bits per heavy atom. The lowest BCUT2D eigenvalue weighted by Crippen LogP contribution is -2.13. The van der Waals surface area contributed by atoms with Gasteiger partial charge in [-0.25, -0.2) is 13.6 Å². The van der Waals surface area contributed by atoms with Gasteiger partial charge in [0, 0.05) is 22.5 Å². The molecule has 7 heteroatoms. The van der Waals surface area contributed by atoms with Crippen molar-refractivity contribution in [2.24, 2.45) is 5.14 Å². The molecular weight excluding hydrogens is 426 g/mol. The highest BCUT2D eigenvalue weighted by Gasteiger charge is 2.23. The molecule has 0 saturated heterocycles. The van der Waals surface area contributed by atoms with E-state index in [0.29, 0.717) is 17.2 Å². The molecule has 1 heterocycles. The zero-order valence-electron chi connectivity index (χ0n) is 15.6. The first-order valence-corrected chi connectivity index (χ1v) is 12.0. The lowest BCUT2D eigenvalue weighted by Gasteiger charge is -2.24. The number of nitrogens with two attached hydrogens (primary N) is 1. The molecule has 0 aliphatic carbocycles. The number of hydrogen-bond acceptors (Lipinski definition) is 4. The van der Waals surface area contributed by atoms with E-state index in [9.17, 15) is 8.42 Å². The topological polar surface area (TPSA) is 69.4 Å². The SMILES string of the molecule is CSc1cc(C2=C(c3ccc(S(N)(=O)=O)cc3)Oc3ccccc3C2)ccc1Cl. The molecule has 1 aliphatic heterocycles. The summed E-state index contributed by atoms with van der Waals surface area (Å²) in [7, 11) is -3.75. The van der Waals surface area contributed by atoms with Crippen molar-refractivity contribution in [1.82, 2.24) is 0 Å². The van der Waals surface area contributed by atoms with E-state index in [1.165, 1.54) is 12.1 Å². The van der Waals surface area contributed by atoms with Crippen LogP contribution < -0.4 is 9.88 Å². The maximum Gasteiger partial charge on any atom is 0.238 e. The van der Waals surface area contributed by atoms with Crippen LogP contribution in [0.15, 0.2) is 76.5 Å². The summed E-state index contributed by atoms with van der Waals surface area (Å²) in [6, 6.07) is 20.2. The van der Waals surface area contributed by atoms with Crippen LogP contribution >= 0.6 is 23.4 Å². The summed E-state index contributed by atoms with van der Waals surface area (Å²) in [6.07, 6.45) is 2.68. The van der Waals surface area contributed by atoms with Gasteiger partial charge in [0.05, 0.1) is 9.92 Å². The summed E-state index contributed by atoms with van der Waals surface area (Å²) < 4.78 is 29.5. The smallest absolute Gasteiger partial charge is 0.238 e. The van der Waals surface area contributed by atoms with E-state index in [-0.39, 0.29) is 4.90 Å². The van der Waals surface area contributed by atoms with Crippen LogP contribution in [0.1, 0.15) is 16.7 Å². The maximum atomic E-state index is 11.6. The largest absolute Gasteiger partial charge is 0.456 e. The van der Waals surface area contributed by atoms with Crippen LogP contribution in [0.25, 0.3) is 11.3 Å². The third kappa shape index (κ3) is 4.07. The second-order valence-corrected chi connectivity index (χ2v) is 9.43. The Labute approximate surface area is 179 Å². The van der Waals surface area contributed by atoms with Gasteiger partial charge in [0.1, 0.15) is 11.5 Å². The van der Waals surface area contributed by atoms with Gasteiger partial charge in [0.25, 0.3) is 0 Å². The fourth-order valence-electron chi connectivity index (χ4n) is 3.30. The Morgan fingerprint density at radius 1 is 1.00 bits per heavy atom. The minimum atomic E-state index is -3.75. The molecule has 2 N–H and O–H groups in total. The molecule has 0 bridgehead atoms. The lowest BCUT2D eigenvalue weighted by molar-refractivity contribution is 0.502. The Bertz CT molecular complexity index is 1220. The van der Waals surface area contributed by atoms with Crippen molar-refractivity contribution in [3.63, 3.8) is 0 Å². The van der Waals surface area contributed by atoms with E-state index in [0.717, 1.165) is 32.9 Å². The predicted molar refractivity (Wildman–Crippen MR) is 119 cm³/mol. The van der Waals surface area contributed by atoms with Crippen LogP contribution in [-0.2, 0) is 16.4 Å². The molecule has 0 aromatic heterocycles. The van der Waals surface area contributed by atoms with Crippen LogP contribution in [0, 0.1) is 0 Å². The van der Waals surface area contributed by atoms with Crippen LogP contribution in [0.3, 0.4) is 0 Å². The fraction of sp³-hybridized carbons (Fsp3) is 0.0909. The van der Waals surface area contributed by atoms with E-state index >= 15 is 0 Å². The number of halogens is 1. The Balaban J connectivity index is 1.87. The molecular formula is C22H18ClNO3S2. The van der Waals surface area contributed by atoms with Crippen LogP contribution in [0.5, 0.6) is 5.75 Å². The minimum Gasteiger partial charge on any atom is -0.456 e. The van der Waals surface area contributed by atoms with E-state index in [2.05, 4.69) is 6.07 Å². The van der Waals surface area contributed by atoms with Gasteiger partial charge >= 0.3 is 0 Å². The number of para-hydroxylation sites is 1. The van der Waals surface area contributed by atoms with Gasteiger partial charge in [-0.15, -0.1) is 11.8 Å². The number of ether oxygens (including phenoxy) is 1. The molecule has 3 aromatic rings. The third-order valence-electron chi connectivity index (χ3n) is 4.77. The molecule has 0 spiro atoms. The number of sulfonamides is 1. The number of primary sulfonamides is 1. The summed E-state index contributed by atoms with van der Waals surface area (Å²) in [4.78, 5) is 1.05. The predicted octanol–water partition coefficient (Wildman–Crippen LogP) is 5.21. The molecule has 3 aromatic carbocycles. The summed E-state index contributed by atoms with van der Waals surface area (Å²) in [5.74, 6) is 1.49. The normalized spacial score (nSPS) is 13.8. The van der Waals surface area contributed by atoms with Gasteiger partial charge in [-0.1, -0.05) is 35.9 Å². The Kier molecular flexibility index (Phi) is 5.44. The number of allylic oxidation sites excluding steroid dienone is 1.